The molecular formula is C9H12BrNOS. The largest absolute Gasteiger partial charge is 0.322 e. The van der Waals surface area contributed by atoms with Crippen LogP contribution >= 0.6 is 27.3 Å². The first-order valence-corrected chi connectivity index (χ1v) is 5.82. The Morgan fingerprint density at radius 3 is 2.92 bits per heavy atom. The molecule has 0 aromatic carbocycles. The summed E-state index contributed by atoms with van der Waals surface area (Å²) < 4.78 is 1.01. The molecule has 1 heterocycles. The molecule has 0 aliphatic carbocycles. The van der Waals surface area contributed by atoms with Crippen molar-refractivity contribution in [2.24, 2.45) is 5.73 Å². The molecular weight excluding hydrogens is 250 g/mol. The van der Waals surface area contributed by atoms with Crippen LogP contribution in [0.3, 0.4) is 0 Å². The normalized spacial score (nSPS) is 12.8. The molecule has 2 nitrogen and oxygen atoms in total. The molecule has 0 spiro atoms. The molecule has 0 saturated carbocycles. The zero-order valence-electron chi connectivity index (χ0n) is 7.42. The summed E-state index contributed by atoms with van der Waals surface area (Å²) in [5.41, 5.74) is 5.62. The minimum Gasteiger partial charge on any atom is -0.322 e. The number of hydrogen-bond donors (Lipinski definition) is 1. The molecule has 2 N–H and O–H groups in total. The van der Waals surface area contributed by atoms with Gasteiger partial charge in [0.15, 0.2) is 5.78 Å². The summed E-state index contributed by atoms with van der Waals surface area (Å²) in [6.07, 6.45) is 1.16. The number of halogens is 1. The summed E-state index contributed by atoms with van der Waals surface area (Å²) in [6.45, 7) is 1.92. The first-order valence-electron chi connectivity index (χ1n) is 4.15. The van der Waals surface area contributed by atoms with E-state index in [1.807, 2.05) is 18.4 Å². The Morgan fingerprint density at radius 2 is 2.46 bits per heavy atom. The third kappa shape index (κ3) is 2.90. The molecule has 0 bridgehead atoms. The average Bonchev–Trinajstić information content (AvgIpc) is 2.50. The first-order chi connectivity index (χ1) is 6.15. The van der Waals surface area contributed by atoms with Crippen LogP contribution in [0.5, 0.6) is 0 Å². The Hall–Kier alpha value is -0.190. The number of carbonyl (C=O) groups is 1. The van der Waals surface area contributed by atoms with Crippen LogP contribution in [0.25, 0.3) is 0 Å². The Labute approximate surface area is 90.3 Å². The van der Waals surface area contributed by atoms with E-state index in [1.165, 1.54) is 0 Å². The third-order valence-corrected chi connectivity index (χ3v) is 3.81. The number of Topliss-reactive ketones (excluding diaryl/α,β-unsaturated/α-hetero) is 1. The molecule has 1 aromatic rings. The van der Waals surface area contributed by atoms with Crippen LogP contribution in [0.15, 0.2) is 15.9 Å². The number of thiophene rings is 1. The predicted octanol–water partition coefficient (Wildman–Crippen LogP) is 2.36. The molecule has 1 atom stereocenters. The van der Waals surface area contributed by atoms with E-state index in [9.17, 15) is 4.79 Å². The van der Waals surface area contributed by atoms with Crippen molar-refractivity contribution in [1.82, 2.24) is 0 Å². The lowest BCUT2D eigenvalue weighted by atomic mass is 10.1. The van der Waals surface area contributed by atoms with E-state index >= 15 is 0 Å². The molecule has 0 saturated heterocycles. The van der Waals surface area contributed by atoms with Crippen molar-refractivity contribution < 1.29 is 4.79 Å². The smallest absolute Gasteiger partial charge is 0.154 e. The van der Waals surface area contributed by atoms with Crippen LogP contribution in [-0.4, -0.2) is 11.8 Å². The third-order valence-electron chi connectivity index (χ3n) is 1.88. The van der Waals surface area contributed by atoms with Gasteiger partial charge in [0.1, 0.15) is 0 Å². The SMILES string of the molecule is CCC(N)C(=O)Cc1sccc1Br. The fraction of sp³-hybridized carbons (Fsp3) is 0.444. The summed E-state index contributed by atoms with van der Waals surface area (Å²) >= 11 is 4.97. The monoisotopic (exact) mass is 261 g/mol. The molecule has 4 heteroatoms. The number of nitrogens with two attached hydrogens (primary N) is 1. The zero-order chi connectivity index (χ0) is 9.84. The van der Waals surface area contributed by atoms with Crippen LogP contribution in [0.4, 0.5) is 0 Å². The second-order valence-corrected chi connectivity index (χ2v) is 4.70. The van der Waals surface area contributed by atoms with Gasteiger partial charge in [0, 0.05) is 15.8 Å². The van der Waals surface area contributed by atoms with Crippen LogP contribution in [0.2, 0.25) is 0 Å². The lowest BCUT2D eigenvalue weighted by Gasteiger charge is -2.05. The fourth-order valence-corrected chi connectivity index (χ4v) is 2.47. The van der Waals surface area contributed by atoms with Gasteiger partial charge in [0.2, 0.25) is 0 Å². The minimum atomic E-state index is -0.311. The maximum atomic E-state index is 11.5. The van der Waals surface area contributed by atoms with Crippen molar-refractivity contribution in [3.63, 3.8) is 0 Å². The van der Waals surface area contributed by atoms with Crippen molar-refractivity contribution in [2.45, 2.75) is 25.8 Å². The van der Waals surface area contributed by atoms with Gasteiger partial charge in [-0.3, -0.25) is 4.79 Å². The standard InChI is InChI=1S/C9H12BrNOS/c1-2-7(11)8(12)5-9-6(10)3-4-13-9/h3-4,7H,2,5,11H2,1H3. The van der Waals surface area contributed by atoms with E-state index in [-0.39, 0.29) is 11.8 Å². The Kier molecular flexibility index (Phi) is 4.09. The minimum absolute atomic E-state index is 0.116. The number of rotatable bonds is 4. The van der Waals surface area contributed by atoms with Crippen molar-refractivity contribution in [2.75, 3.05) is 0 Å². The lowest BCUT2D eigenvalue weighted by molar-refractivity contribution is -0.119. The van der Waals surface area contributed by atoms with Gasteiger partial charge in [0.25, 0.3) is 0 Å². The van der Waals surface area contributed by atoms with E-state index in [2.05, 4.69) is 15.9 Å². The van der Waals surface area contributed by atoms with E-state index in [0.29, 0.717) is 12.8 Å². The quantitative estimate of drug-likeness (QED) is 0.905. The Morgan fingerprint density at radius 1 is 1.77 bits per heavy atom. The van der Waals surface area contributed by atoms with Gasteiger partial charge in [0.05, 0.1) is 6.04 Å². The molecule has 0 aliphatic heterocycles. The van der Waals surface area contributed by atoms with Crippen LogP contribution in [-0.2, 0) is 11.2 Å². The van der Waals surface area contributed by atoms with E-state index in [4.69, 9.17) is 5.73 Å². The molecule has 1 aromatic heterocycles. The summed E-state index contributed by atoms with van der Waals surface area (Å²) in [5.74, 6) is 0.116. The van der Waals surface area contributed by atoms with Gasteiger partial charge in [-0.1, -0.05) is 6.92 Å². The molecule has 0 radical (unpaired) electrons. The average molecular weight is 262 g/mol. The van der Waals surface area contributed by atoms with Gasteiger partial charge in [-0.25, -0.2) is 0 Å². The highest BCUT2D eigenvalue weighted by Gasteiger charge is 2.13. The van der Waals surface area contributed by atoms with Gasteiger partial charge < -0.3 is 5.73 Å². The van der Waals surface area contributed by atoms with Crippen molar-refractivity contribution >= 4 is 33.0 Å². The molecule has 13 heavy (non-hydrogen) atoms. The number of hydrogen-bond acceptors (Lipinski definition) is 3. The van der Waals surface area contributed by atoms with E-state index in [1.54, 1.807) is 11.3 Å². The summed E-state index contributed by atoms with van der Waals surface area (Å²) in [4.78, 5) is 12.5. The van der Waals surface area contributed by atoms with Crippen LogP contribution < -0.4 is 5.73 Å². The molecule has 1 unspecified atom stereocenters. The molecule has 1 rings (SSSR count). The van der Waals surface area contributed by atoms with E-state index in [0.717, 1.165) is 9.35 Å². The highest BCUT2D eigenvalue weighted by atomic mass is 79.9. The predicted molar refractivity (Wildman–Crippen MR) is 59.0 cm³/mol. The second-order valence-electron chi connectivity index (χ2n) is 2.85. The maximum Gasteiger partial charge on any atom is 0.154 e. The number of ketones is 1. The highest BCUT2D eigenvalue weighted by Crippen LogP contribution is 2.23. The molecule has 0 aliphatic rings. The zero-order valence-corrected chi connectivity index (χ0v) is 9.82. The Balaban J connectivity index is 2.60. The maximum absolute atomic E-state index is 11.5. The van der Waals surface area contributed by atoms with Crippen molar-refractivity contribution in [3.8, 4) is 0 Å². The van der Waals surface area contributed by atoms with Crippen molar-refractivity contribution in [3.05, 3.63) is 20.8 Å². The van der Waals surface area contributed by atoms with Gasteiger partial charge >= 0.3 is 0 Å². The first kappa shape index (κ1) is 10.9. The molecule has 72 valence electrons. The Bertz CT molecular complexity index is 298. The summed E-state index contributed by atoms with van der Waals surface area (Å²) in [7, 11) is 0. The van der Waals surface area contributed by atoms with E-state index < -0.39 is 0 Å². The lowest BCUT2D eigenvalue weighted by Crippen LogP contribution is -2.30. The number of carbonyl (C=O) groups excluding carboxylic acids is 1. The van der Waals surface area contributed by atoms with Crippen LogP contribution in [0.1, 0.15) is 18.2 Å². The summed E-state index contributed by atoms with van der Waals surface area (Å²) in [6, 6.07) is 1.64. The summed E-state index contributed by atoms with van der Waals surface area (Å²) in [5, 5.41) is 1.96. The van der Waals surface area contributed by atoms with Crippen molar-refractivity contribution in [1.29, 1.82) is 0 Å². The van der Waals surface area contributed by atoms with Crippen LogP contribution in [0, 0.1) is 0 Å². The van der Waals surface area contributed by atoms with Gasteiger partial charge in [-0.15, -0.1) is 11.3 Å². The molecule has 0 amide bonds. The topological polar surface area (TPSA) is 43.1 Å². The highest BCUT2D eigenvalue weighted by molar-refractivity contribution is 9.10. The molecule has 0 fully saturated rings. The fourth-order valence-electron chi connectivity index (χ4n) is 0.968. The second kappa shape index (κ2) is 4.88. The van der Waals surface area contributed by atoms with Gasteiger partial charge in [-0.2, -0.15) is 0 Å². The van der Waals surface area contributed by atoms with Gasteiger partial charge in [-0.05, 0) is 33.8 Å².